The molecule has 28 heavy (non-hydrogen) atoms. The van der Waals surface area contributed by atoms with Gasteiger partial charge < -0.3 is 14.5 Å². The Morgan fingerprint density at radius 1 is 1.21 bits per heavy atom. The largest absolute Gasteiger partial charge is 0.494 e. The molecule has 0 fully saturated rings. The SMILES string of the molecule is CCCCOc1ccc2oc(C)c(C(=O)Nc3ccc([N+](=O)[O-])cc3C)c2c1. The molecule has 1 N–H and O–H groups in total. The van der Waals surface area contributed by atoms with Crippen LogP contribution in [0.25, 0.3) is 11.0 Å². The maximum absolute atomic E-state index is 12.9. The number of unbranched alkanes of at least 4 members (excludes halogenated alkanes) is 1. The molecule has 2 aromatic carbocycles. The molecule has 1 amide bonds. The fourth-order valence-electron chi connectivity index (χ4n) is 2.99. The van der Waals surface area contributed by atoms with E-state index in [2.05, 4.69) is 12.2 Å². The van der Waals surface area contributed by atoms with Crippen LogP contribution in [0.15, 0.2) is 40.8 Å². The molecule has 0 aliphatic carbocycles. The topological polar surface area (TPSA) is 94.6 Å². The molecule has 146 valence electrons. The molecule has 1 aromatic heterocycles. The number of furan rings is 1. The summed E-state index contributed by atoms with van der Waals surface area (Å²) in [6, 6.07) is 9.74. The van der Waals surface area contributed by atoms with Gasteiger partial charge in [0, 0.05) is 23.2 Å². The Morgan fingerprint density at radius 2 is 2.00 bits per heavy atom. The highest BCUT2D eigenvalue weighted by atomic mass is 16.6. The average Bonchev–Trinajstić information content (AvgIpc) is 2.98. The number of benzene rings is 2. The van der Waals surface area contributed by atoms with E-state index in [1.54, 1.807) is 26.0 Å². The normalized spacial score (nSPS) is 10.8. The molecule has 0 aliphatic heterocycles. The number of hydrogen-bond acceptors (Lipinski definition) is 5. The van der Waals surface area contributed by atoms with Crippen molar-refractivity contribution in [1.82, 2.24) is 0 Å². The number of non-ortho nitro benzene ring substituents is 1. The number of carbonyl (C=O) groups excluding carboxylic acids is 1. The van der Waals surface area contributed by atoms with Gasteiger partial charge in [0.25, 0.3) is 11.6 Å². The number of carbonyl (C=O) groups is 1. The Balaban J connectivity index is 1.89. The van der Waals surface area contributed by atoms with E-state index < -0.39 is 4.92 Å². The zero-order valence-electron chi connectivity index (χ0n) is 16.1. The van der Waals surface area contributed by atoms with Crippen molar-refractivity contribution in [3.05, 3.63) is 63.4 Å². The summed E-state index contributed by atoms with van der Waals surface area (Å²) in [6.07, 6.45) is 1.99. The van der Waals surface area contributed by atoms with Crippen molar-refractivity contribution in [2.24, 2.45) is 0 Å². The number of anilines is 1. The number of nitro groups is 1. The molecule has 0 bridgehead atoms. The van der Waals surface area contributed by atoms with Crippen molar-refractivity contribution in [2.45, 2.75) is 33.6 Å². The molecule has 1 heterocycles. The van der Waals surface area contributed by atoms with E-state index in [0.717, 1.165) is 12.8 Å². The monoisotopic (exact) mass is 382 g/mol. The van der Waals surface area contributed by atoms with Gasteiger partial charge in [-0.1, -0.05) is 13.3 Å². The molecule has 0 spiro atoms. The minimum atomic E-state index is -0.466. The van der Waals surface area contributed by atoms with Crippen LogP contribution < -0.4 is 10.1 Å². The second-order valence-electron chi connectivity index (χ2n) is 6.60. The zero-order valence-corrected chi connectivity index (χ0v) is 16.1. The Morgan fingerprint density at radius 3 is 2.68 bits per heavy atom. The van der Waals surface area contributed by atoms with E-state index >= 15 is 0 Å². The minimum Gasteiger partial charge on any atom is -0.494 e. The van der Waals surface area contributed by atoms with Gasteiger partial charge >= 0.3 is 0 Å². The molecular weight excluding hydrogens is 360 g/mol. The summed E-state index contributed by atoms with van der Waals surface area (Å²) >= 11 is 0. The molecule has 0 unspecified atom stereocenters. The van der Waals surface area contributed by atoms with Crippen LogP contribution in [0, 0.1) is 24.0 Å². The summed E-state index contributed by atoms with van der Waals surface area (Å²) in [6.45, 7) is 6.15. The Hall–Kier alpha value is -3.35. The maximum atomic E-state index is 12.9. The van der Waals surface area contributed by atoms with Gasteiger partial charge in [-0.15, -0.1) is 0 Å². The number of fused-ring (bicyclic) bond motifs is 1. The summed E-state index contributed by atoms with van der Waals surface area (Å²) in [4.78, 5) is 23.3. The van der Waals surface area contributed by atoms with Gasteiger partial charge in [0.15, 0.2) is 0 Å². The zero-order chi connectivity index (χ0) is 20.3. The Labute approximate surface area is 162 Å². The van der Waals surface area contributed by atoms with E-state index in [4.69, 9.17) is 9.15 Å². The molecule has 7 heteroatoms. The van der Waals surface area contributed by atoms with Crippen molar-refractivity contribution in [3.63, 3.8) is 0 Å². The highest BCUT2D eigenvalue weighted by molar-refractivity contribution is 6.13. The van der Waals surface area contributed by atoms with Gasteiger partial charge in [0.05, 0.1) is 17.1 Å². The van der Waals surface area contributed by atoms with Crippen LogP contribution >= 0.6 is 0 Å². The van der Waals surface area contributed by atoms with Gasteiger partial charge in [-0.3, -0.25) is 14.9 Å². The van der Waals surface area contributed by atoms with Crippen LogP contribution in [0.5, 0.6) is 5.75 Å². The molecule has 0 radical (unpaired) electrons. The minimum absolute atomic E-state index is 0.0192. The van der Waals surface area contributed by atoms with Gasteiger partial charge in [-0.2, -0.15) is 0 Å². The number of nitrogens with one attached hydrogen (secondary N) is 1. The Bertz CT molecular complexity index is 1040. The molecule has 3 rings (SSSR count). The van der Waals surface area contributed by atoms with Crippen LogP contribution in [-0.2, 0) is 0 Å². The van der Waals surface area contributed by atoms with Gasteiger partial charge in [-0.25, -0.2) is 0 Å². The van der Waals surface area contributed by atoms with Crippen molar-refractivity contribution < 1.29 is 18.9 Å². The summed E-state index contributed by atoms with van der Waals surface area (Å²) in [5.41, 5.74) is 2.13. The lowest BCUT2D eigenvalue weighted by Crippen LogP contribution is -2.13. The summed E-state index contributed by atoms with van der Waals surface area (Å²) in [5.74, 6) is 0.846. The van der Waals surface area contributed by atoms with Crippen LogP contribution in [0.1, 0.15) is 41.4 Å². The Kier molecular flexibility index (Phi) is 5.63. The second-order valence-corrected chi connectivity index (χ2v) is 6.60. The number of aryl methyl sites for hydroxylation is 2. The second kappa shape index (κ2) is 8.12. The van der Waals surface area contributed by atoms with Gasteiger partial charge in [0.2, 0.25) is 0 Å². The number of nitro benzene ring substituents is 1. The third-order valence-electron chi connectivity index (χ3n) is 4.50. The highest BCUT2D eigenvalue weighted by Crippen LogP contribution is 2.30. The van der Waals surface area contributed by atoms with Crippen molar-refractivity contribution in [1.29, 1.82) is 0 Å². The number of nitrogens with zero attached hydrogens (tertiary/aromatic N) is 1. The van der Waals surface area contributed by atoms with E-state index in [1.807, 2.05) is 6.07 Å². The average molecular weight is 382 g/mol. The van der Waals surface area contributed by atoms with Crippen molar-refractivity contribution >= 4 is 28.3 Å². The van der Waals surface area contributed by atoms with E-state index in [0.29, 0.717) is 45.9 Å². The quantitative estimate of drug-likeness (QED) is 0.336. The number of amides is 1. The number of ether oxygens (including phenoxy) is 1. The highest BCUT2D eigenvalue weighted by Gasteiger charge is 2.20. The first-order chi connectivity index (χ1) is 13.4. The van der Waals surface area contributed by atoms with Crippen LogP contribution in [0.3, 0.4) is 0 Å². The standard InChI is InChI=1S/C21H22N2O5/c1-4-5-10-27-16-7-9-19-17(12-16)20(14(3)28-19)21(24)22-18-8-6-15(23(25)26)11-13(18)2/h6-9,11-12H,4-5,10H2,1-3H3,(H,22,24). The lowest BCUT2D eigenvalue weighted by molar-refractivity contribution is -0.384. The predicted molar refractivity (Wildman–Crippen MR) is 107 cm³/mol. The molecule has 3 aromatic rings. The maximum Gasteiger partial charge on any atom is 0.269 e. The molecular formula is C21H22N2O5. The van der Waals surface area contributed by atoms with Crippen LogP contribution in [-0.4, -0.2) is 17.4 Å². The number of hydrogen-bond donors (Lipinski definition) is 1. The van der Waals surface area contributed by atoms with Gasteiger partial charge in [-0.05, 0) is 50.1 Å². The van der Waals surface area contributed by atoms with E-state index in [1.165, 1.54) is 18.2 Å². The fraction of sp³-hybridized carbons (Fsp3) is 0.286. The van der Waals surface area contributed by atoms with Crippen molar-refractivity contribution in [2.75, 3.05) is 11.9 Å². The molecule has 0 aliphatic rings. The predicted octanol–water partition coefficient (Wildman–Crippen LogP) is 5.39. The first kappa shape index (κ1) is 19.4. The fourth-order valence-corrected chi connectivity index (χ4v) is 2.99. The van der Waals surface area contributed by atoms with Gasteiger partial charge in [0.1, 0.15) is 17.1 Å². The smallest absolute Gasteiger partial charge is 0.269 e. The first-order valence-electron chi connectivity index (χ1n) is 9.13. The molecule has 0 atom stereocenters. The summed E-state index contributed by atoms with van der Waals surface area (Å²) in [7, 11) is 0. The summed E-state index contributed by atoms with van der Waals surface area (Å²) < 4.78 is 11.4. The van der Waals surface area contributed by atoms with Crippen LogP contribution in [0.4, 0.5) is 11.4 Å². The lowest BCUT2D eigenvalue weighted by Gasteiger charge is -2.09. The number of rotatable bonds is 7. The lowest BCUT2D eigenvalue weighted by atomic mass is 10.1. The first-order valence-corrected chi connectivity index (χ1v) is 9.13. The third-order valence-corrected chi connectivity index (χ3v) is 4.50. The third kappa shape index (κ3) is 3.98. The van der Waals surface area contributed by atoms with E-state index in [9.17, 15) is 14.9 Å². The molecule has 0 saturated carbocycles. The van der Waals surface area contributed by atoms with Crippen molar-refractivity contribution in [3.8, 4) is 5.75 Å². The molecule has 0 saturated heterocycles. The van der Waals surface area contributed by atoms with E-state index in [-0.39, 0.29) is 11.6 Å². The van der Waals surface area contributed by atoms with Crippen LogP contribution in [0.2, 0.25) is 0 Å². The summed E-state index contributed by atoms with van der Waals surface area (Å²) in [5, 5.41) is 14.4. The molecule has 7 nitrogen and oxygen atoms in total.